The number of pyridine rings is 1. The fourth-order valence-electron chi connectivity index (χ4n) is 4.46. The van der Waals surface area contributed by atoms with Crippen molar-refractivity contribution >= 4 is 5.91 Å². The molecule has 0 bridgehead atoms. The summed E-state index contributed by atoms with van der Waals surface area (Å²) in [6.07, 6.45) is 3.74. The number of likely N-dealkylation sites (tertiary alicyclic amines) is 1. The first-order valence-corrected chi connectivity index (χ1v) is 11.4. The maximum atomic E-state index is 13.5. The molecule has 1 unspecified atom stereocenters. The van der Waals surface area contributed by atoms with Crippen LogP contribution in [0.2, 0.25) is 0 Å². The van der Waals surface area contributed by atoms with Gasteiger partial charge in [0, 0.05) is 25.2 Å². The molecular weight excluding hydrogens is 417 g/mol. The van der Waals surface area contributed by atoms with Gasteiger partial charge in [0.25, 0.3) is 0 Å². The van der Waals surface area contributed by atoms with Gasteiger partial charge in [-0.1, -0.05) is 36.4 Å². The number of benzene rings is 2. The summed E-state index contributed by atoms with van der Waals surface area (Å²) in [6.45, 7) is 4.56. The second-order valence-electron chi connectivity index (χ2n) is 8.57. The summed E-state index contributed by atoms with van der Waals surface area (Å²) in [6, 6.07) is 20.3. The number of carbonyl (C=O) groups is 1. The van der Waals surface area contributed by atoms with Gasteiger partial charge in [0.2, 0.25) is 5.91 Å². The van der Waals surface area contributed by atoms with Crippen LogP contribution in [0.3, 0.4) is 0 Å². The molecule has 5 nitrogen and oxygen atoms in total. The van der Waals surface area contributed by atoms with Crippen LogP contribution in [-0.2, 0) is 17.9 Å². The largest absolute Gasteiger partial charge is 0.489 e. The number of para-hydroxylation sites is 1. The van der Waals surface area contributed by atoms with Crippen LogP contribution in [0.4, 0.5) is 4.39 Å². The van der Waals surface area contributed by atoms with Crippen molar-refractivity contribution < 1.29 is 13.9 Å². The summed E-state index contributed by atoms with van der Waals surface area (Å²) in [7, 11) is 0. The molecule has 2 heterocycles. The van der Waals surface area contributed by atoms with Crippen LogP contribution in [0.5, 0.6) is 5.75 Å². The molecule has 172 valence electrons. The molecule has 4 rings (SSSR count). The minimum atomic E-state index is -0.254. The summed E-state index contributed by atoms with van der Waals surface area (Å²) in [5.41, 5.74) is 2.85. The van der Waals surface area contributed by atoms with E-state index in [-0.39, 0.29) is 17.8 Å². The highest BCUT2D eigenvalue weighted by atomic mass is 19.1. The zero-order valence-electron chi connectivity index (χ0n) is 18.9. The first-order valence-electron chi connectivity index (χ1n) is 11.4. The minimum Gasteiger partial charge on any atom is -0.489 e. The number of rotatable bonds is 8. The van der Waals surface area contributed by atoms with Crippen LogP contribution in [0.15, 0.2) is 72.9 Å². The van der Waals surface area contributed by atoms with Gasteiger partial charge < -0.3 is 10.1 Å². The topological polar surface area (TPSA) is 54.5 Å². The van der Waals surface area contributed by atoms with E-state index in [1.54, 1.807) is 19.2 Å². The van der Waals surface area contributed by atoms with Crippen LogP contribution in [0.1, 0.15) is 42.6 Å². The zero-order valence-corrected chi connectivity index (χ0v) is 18.9. The third-order valence-electron chi connectivity index (χ3n) is 6.12. The lowest BCUT2D eigenvalue weighted by Crippen LogP contribution is -2.40. The number of nitrogens with one attached hydrogen (secondary N) is 1. The lowest BCUT2D eigenvalue weighted by atomic mass is 9.87. The van der Waals surface area contributed by atoms with E-state index in [1.807, 2.05) is 42.5 Å². The summed E-state index contributed by atoms with van der Waals surface area (Å²) < 4.78 is 19.5. The molecule has 2 aromatic carbocycles. The van der Waals surface area contributed by atoms with E-state index in [9.17, 15) is 9.18 Å². The van der Waals surface area contributed by atoms with Crippen LogP contribution in [-0.4, -0.2) is 28.9 Å². The number of amides is 1. The molecule has 6 heteroatoms. The molecule has 1 aliphatic heterocycles. The monoisotopic (exact) mass is 447 g/mol. The third-order valence-corrected chi connectivity index (χ3v) is 6.12. The number of aromatic nitrogens is 1. The SMILES string of the molecule is CC(=O)NC(c1ccccn1)C1CCN(Cc2ccccc2OCc2cccc(F)c2)CC1. The Morgan fingerprint density at radius 1 is 1.12 bits per heavy atom. The van der Waals surface area contributed by atoms with E-state index < -0.39 is 0 Å². The van der Waals surface area contributed by atoms with Crippen LogP contribution >= 0.6 is 0 Å². The summed E-state index contributed by atoms with van der Waals surface area (Å²) in [5.74, 6) is 0.890. The van der Waals surface area contributed by atoms with Crippen molar-refractivity contribution in [1.82, 2.24) is 15.2 Å². The molecule has 1 aliphatic rings. The Balaban J connectivity index is 1.36. The number of halogens is 1. The maximum Gasteiger partial charge on any atom is 0.217 e. The number of carbonyl (C=O) groups excluding carboxylic acids is 1. The molecule has 1 aromatic heterocycles. The summed E-state index contributed by atoms with van der Waals surface area (Å²) in [4.78, 5) is 18.7. The minimum absolute atomic E-state index is 0.0301. The third kappa shape index (κ3) is 6.39. The van der Waals surface area contributed by atoms with Gasteiger partial charge in [0.1, 0.15) is 18.2 Å². The predicted octanol–water partition coefficient (Wildman–Crippen LogP) is 4.89. The number of ether oxygens (including phenoxy) is 1. The molecule has 1 amide bonds. The summed E-state index contributed by atoms with van der Waals surface area (Å²) in [5, 5.41) is 3.11. The average molecular weight is 448 g/mol. The van der Waals surface area contributed by atoms with E-state index >= 15 is 0 Å². The number of piperidine rings is 1. The second-order valence-corrected chi connectivity index (χ2v) is 8.57. The normalized spacial score (nSPS) is 15.7. The molecule has 0 radical (unpaired) electrons. The van der Waals surface area contributed by atoms with E-state index in [1.165, 1.54) is 12.1 Å². The molecule has 33 heavy (non-hydrogen) atoms. The van der Waals surface area contributed by atoms with Crippen LogP contribution < -0.4 is 10.1 Å². The molecule has 1 atom stereocenters. The predicted molar refractivity (Wildman–Crippen MR) is 126 cm³/mol. The molecule has 3 aromatic rings. The second kappa shape index (κ2) is 11.1. The molecule has 1 N–H and O–H groups in total. The fraction of sp³-hybridized carbons (Fsp3) is 0.333. The molecule has 0 spiro atoms. The van der Waals surface area contributed by atoms with Gasteiger partial charge in [-0.05, 0) is 67.7 Å². The van der Waals surface area contributed by atoms with Crippen molar-refractivity contribution in [2.24, 2.45) is 5.92 Å². The lowest BCUT2D eigenvalue weighted by molar-refractivity contribution is -0.120. The molecule has 1 saturated heterocycles. The van der Waals surface area contributed by atoms with Crippen molar-refractivity contribution in [3.05, 3.63) is 95.6 Å². The van der Waals surface area contributed by atoms with Gasteiger partial charge in [0.05, 0.1) is 11.7 Å². The van der Waals surface area contributed by atoms with E-state index in [0.29, 0.717) is 12.5 Å². The van der Waals surface area contributed by atoms with E-state index in [2.05, 4.69) is 21.3 Å². The zero-order chi connectivity index (χ0) is 23.0. The first kappa shape index (κ1) is 22.9. The highest BCUT2D eigenvalue weighted by molar-refractivity contribution is 5.73. The van der Waals surface area contributed by atoms with E-state index in [4.69, 9.17) is 4.74 Å². The highest BCUT2D eigenvalue weighted by Crippen LogP contribution is 2.31. The van der Waals surface area contributed by atoms with Gasteiger partial charge in [-0.15, -0.1) is 0 Å². The van der Waals surface area contributed by atoms with Crippen LogP contribution in [0.25, 0.3) is 0 Å². The standard InChI is InChI=1S/C27H30FN3O2/c1-20(32)30-27(25-10-4-5-14-29-25)22-12-15-31(16-13-22)18-23-8-2-3-11-26(23)33-19-21-7-6-9-24(28)17-21/h2-11,14,17,22,27H,12-13,15-16,18-19H2,1H3,(H,30,32). The van der Waals surface area contributed by atoms with E-state index in [0.717, 1.165) is 55.0 Å². The number of nitrogens with zero attached hydrogens (tertiary/aromatic N) is 2. The lowest BCUT2D eigenvalue weighted by Gasteiger charge is -2.36. The van der Waals surface area contributed by atoms with Gasteiger partial charge in [-0.2, -0.15) is 0 Å². The van der Waals surface area contributed by atoms with Gasteiger partial charge in [-0.3, -0.25) is 14.7 Å². The number of hydrogen-bond donors (Lipinski definition) is 1. The molecular formula is C27H30FN3O2. The fourth-order valence-corrected chi connectivity index (χ4v) is 4.46. The Kier molecular flexibility index (Phi) is 7.68. The van der Waals surface area contributed by atoms with Crippen molar-refractivity contribution in [3.8, 4) is 5.75 Å². The summed E-state index contributed by atoms with van der Waals surface area (Å²) >= 11 is 0. The van der Waals surface area contributed by atoms with Crippen LogP contribution in [0, 0.1) is 11.7 Å². The highest BCUT2D eigenvalue weighted by Gasteiger charge is 2.29. The maximum absolute atomic E-state index is 13.5. The Morgan fingerprint density at radius 3 is 2.64 bits per heavy atom. The van der Waals surface area contributed by atoms with Crippen molar-refractivity contribution in [2.75, 3.05) is 13.1 Å². The smallest absolute Gasteiger partial charge is 0.217 e. The van der Waals surface area contributed by atoms with Gasteiger partial charge in [-0.25, -0.2) is 4.39 Å². The van der Waals surface area contributed by atoms with Gasteiger partial charge >= 0.3 is 0 Å². The average Bonchev–Trinajstić information content (AvgIpc) is 2.83. The first-order chi connectivity index (χ1) is 16.1. The Labute approximate surface area is 194 Å². The quantitative estimate of drug-likeness (QED) is 0.534. The Morgan fingerprint density at radius 2 is 1.91 bits per heavy atom. The van der Waals surface area contributed by atoms with Crippen molar-refractivity contribution in [2.45, 2.75) is 39.0 Å². The molecule has 1 fully saturated rings. The molecule has 0 saturated carbocycles. The Hall–Kier alpha value is -3.25. The number of hydrogen-bond acceptors (Lipinski definition) is 4. The van der Waals surface area contributed by atoms with Gasteiger partial charge in [0.15, 0.2) is 0 Å². The molecule has 0 aliphatic carbocycles. The van der Waals surface area contributed by atoms with Crippen molar-refractivity contribution in [3.63, 3.8) is 0 Å². The Bertz CT molecular complexity index is 1050. The van der Waals surface area contributed by atoms with Crippen molar-refractivity contribution in [1.29, 1.82) is 0 Å².